The molecule has 0 saturated heterocycles. The highest BCUT2D eigenvalue weighted by molar-refractivity contribution is 7.20. The summed E-state index contributed by atoms with van der Waals surface area (Å²) in [6, 6.07) is 14.3. The Bertz CT molecular complexity index is 1160. The van der Waals surface area contributed by atoms with Gasteiger partial charge in [-0.2, -0.15) is 5.10 Å². The molecular weight excluding hydrogens is 392 g/mol. The molecule has 0 bridgehead atoms. The number of aryl methyl sites for hydroxylation is 1. The number of fused-ring (bicyclic) bond motifs is 1. The van der Waals surface area contributed by atoms with Gasteiger partial charge in [-0.3, -0.25) is 9.48 Å². The molecule has 4 rings (SSSR count). The van der Waals surface area contributed by atoms with Crippen molar-refractivity contribution in [3.8, 4) is 0 Å². The number of hydrogen-bond donors (Lipinski definition) is 0. The Morgan fingerprint density at radius 3 is 2.24 bits per heavy atom. The number of nitrogens with zero attached hydrogens (tertiary/aromatic N) is 3. The fourth-order valence-electron chi connectivity index (χ4n) is 3.21. The average molecular weight is 411 g/mol. The van der Waals surface area contributed by atoms with Crippen molar-refractivity contribution >= 4 is 27.5 Å². The zero-order valence-electron chi connectivity index (χ0n) is 16.0. The molecule has 148 valence electrons. The highest BCUT2D eigenvalue weighted by Crippen LogP contribution is 2.30. The van der Waals surface area contributed by atoms with Gasteiger partial charge in [-0.25, -0.2) is 8.78 Å². The smallest absolute Gasteiger partial charge is 0.264 e. The molecular formula is C22H19F2N3OS. The molecule has 7 heteroatoms. The molecule has 0 unspecified atom stereocenters. The molecule has 1 amide bonds. The van der Waals surface area contributed by atoms with Crippen LogP contribution in [0.4, 0.5) is 8.78 Å². The normalized spacial score (nSPS) is 11.2. The highest BCUT2D eigenvalue weighted by Gasteiger charge is 2.19. The van der Waals surface area contributed by atoms with Crippen LogP contribution < -0.4 is 0 Å². The molecule has 0 aliphatic heterocycles. The summed E-state index contributed by atoms with van der Waals surface area (Å²) in [5.74, 6) is -0.666. The van der Waals surface area contributed by atoms with Gasteiger partial charge in [-0.15, -0.1) is 11.3 Å². The van der Waals surface area contributed by atoms with Gasteiger partial charge in [0.1, 0.15) is 16.5 Å². The minimum atomic E-state index is -0.298. The van der Waals surface area contributed by atoms with Gasteiger partial charge in [0.05, 0.1) is 17.1 Å². The lowest BCUT2D eigenvalue weighted by Crippen LogP contribution is -2.25. The molecule has 0 fully saturated rings. The van der Waals surface area contributed by atoms with Gasteiger partial charge in [-0.1, -0.05) is 24.3 Å². The fourth-order valence-corrected chi connectivity index (χ4v) is 4.37. The van der Waals surface area contributed by atoms with Crippen LogP contribution in [0.2, 0.25) is 0 Å². The topological polar surface area (TPSA) is 38.1 Å². The molecule has 0 spiro atoms. The summed E-state index contributed by atoms with van der Waals surface area (Å²) in [5.41, 5.74) is 2.64. The van der Waals surface area contributed by atoms with Crippen LogP contribution in [0.3, 0.4) is 0 Å². The van der Waals surface area contributed by atoms with Crippen LogP contribution in [-0.4, -0.2) is 27.6 Å². The van der Waals surface area contributed by atoms with Gasteiger partial charge in [0.15, 0.2) is 0 Å². The standard InChI is InChI=1S/C22H19F2N3OS/c1-14-19-11-20(21(28)26(2)12-15-3-7-17(23)8-4-15)29-22(19)27(25-14)13-16-5-9-18(24)10-6-16/h3-11H,12-13H2,1-2H3. The van der Waals surface area contributed by atoms with Crippen LogP contribution in [0.5, 0.6) is 0 Å². The predicted molar refractivity (Wildman–Crippen MR) is 110 cm³/mol. The van der Waals surface area contributed by atoms with Crippen molar-refractivity contribution in [3.05, 3.63) is 87.9 Å². The average Bonchev–Trinajstić information content (AvgIpc) is 3.26. The maximum atomic E-state index is 13.1. The zero-order valence-corrected chi connectivity index (χ0v) is 16.8. The summed E-state index contributed by atoms with van der Waals surface area (Å²) in [5, 5.41) is 5.50. The molecule has 0 N–H and O–H groups in total. The Morgan fingerprint density at radius 2 is 1.62 bits per heavy atom. The van der Waals surface area contributed by atoms with E-state index in [9.17, 15) is 13.6 Å². The maximum Gasteiger partial charge on any atom is 0.264 e. The van der Waals surface area contributed by atoms with Crippen molar-refractivity contribution in [3.63, 3.8) is 0 Å². The van der Waals surface area contributed by atoms with E-state index in [1.54, 1.807) is 36.2 Å². The first-order chi connectivity index (χ1) is 13.9. The van der Waals surface area contributed by atoms with Crippen molar-refractivity contribution in [2.75, 3.05) is 7.05 Å². The Hall–Kier alpha value is -3.06. The quantitative estimate of drug-likeness (QED) is 0.463. The van der Waals surface area contributed by atoms with Gasteiger partial charge >= 0.3 is 0 Å². The third kappa shape index (κ3) is 4.05. The van der Waals surface area contributed by atoms with Gasteiger partial charge in [0.2, 0.25) is 0 Å². The van der Waals surface area contributed by atoms with E-state index in [1.165, 1.54) is 35.6 Å². The van der Waals surface area contributed by atoms with Gasteiger partial charge in [0.25, 0.3) is 5.91 Å². The number of rotatable bonds is 5. The van der Waals surface area contributed by atoms with E-state index in [4.69, 9.17) is 0 Å². The van der Waals surface area contributed by atoms with E-state index in [0.29, 0.717) is 18.0 Å². The molecule has 2 heterocycles. The molecule has 2 aromatic heterocycles. The number of amides is 1. The van der Waals surface area contributed by atoms with Gasteiger partial charge in [0, 0.05) is 19.0 Å². The predicted octanol–water partition coefficient (Wildman–Crippen LogP) is 5.00. The number of hydrogen-bond acceptors (Lipinski definition) is 3. The van der Waals surface area contributed by atoms with Crippen LogP contribution in [0.1, 0.15) is 26.5 Å². The van der Waals surface area contributed by atoms with Crippen LogP contribution in [0.25, 0.3) is 10.2 Å². The molecule has 29 heavy (non-hydrogen) atoms. The number of carbonyl (C=O) groups is 1. The van der Waals surface area contributed by atoms with Crippen LogP contribution in [0.15, 0.2) is 54.6 Å². The summed E-state index contributed by atoms with van der Waals surface area (Å²) in [6.07, 6.45) is 0. The highest BCUT2D eigenvalue weighted by atomic mass is 32.1. The third-order valence-electron chi connectivity index (χ3n) is 4.74. The fraction of sp³-hybridized carbons (Fsp3) is 0.182. The summed E-state index contributed by atoms with van der Waals surface area (Å²) < 4.78 is 28.1. The number of benzene rings is 2. The van der Waals surface area contributed by atoms with Crippen LogP contribution in [0, 0.1) is 18.6 Å². The summed E-state index contributed by atoms with van der Waals surface area (Å²) in [4.78, 5) is 16.0. The second kappa shape index (κ2) is 7.75. The number of aromatic nitrogens is 2. The van der Waals surface area contributed by atoms with Crippen LogP contribution in [-0.2, 0) is 13.1 Å². The Labute approximate surface area is 171 Å². The summed E-state index contributed by atoms with van der Waals surface area (Å²) in [7, 11) is 1.73. The van der Waals surface area contributed by atoms with Crippen molar-refractivity contribution in [2.24, 2.45) is 0 Å². The van der Waals surface area contributed by atoms with Crippen molar-refractivity contribution < 1.29 is 13.6 Å². The second-order valence-corrected chi connectivity index (χ2v) is 8.02. The second-order valence-electron chi connectivity index (χ2n) is 6.99. The first-order valence-electron chi connectivity index (χ1n) is 9.12. The molecule has 0 aliphatic carbocycles. The summed E-state index contributed by atoms with van der Waals surface area (Å²) >= 11 is 1.39. The lowest BCUT2D eigenvalue weighted by molar-refractivity contribution is 0.0790. The Kier molecular flexibility index (Phi) is 5.15. The van der Waals surface area contributed by atoms with Gasteiger partial charge in [-0.05, 0) is 48.4 Å². The van der Waals surface area contributed by atoms with E-state index >= 15 is 0 Å². The van der Waals surface area contributed by atoms with E-state index in [1.807, 2.05) is 17.7 Å². The molecule has 2 aromatic carbocycles. The lowest BCUT2D eigenvalue weighted by atomic mass is 10.2. The van der Waals surface area contributed by atoms with E-state index in [2.05, 4.69) is 5.10 Å². The Balaban J connectivity index is 1.57. The lowest BCUT2D eigenvalue weighted by Gasteiger charge is -2.16. The largest absolute Gasteiger partial charge is 0.337 e. The maximum absolute atomic E-state index is 13.1. The van der Waals surface area contributed by atoms with E-state index < -0.39 is 0 Å². The van der Waals surface area contributed by atoms with E-state index in [0.717, 1.165) is 27.0 Å². The molecule has 0 radical (unpaired) electrons. The number of carbonyl (C=O) groups excluding carboxylic acids is 1. The first kappa shape index (κ1) is 19.3. The number of halogens is 2. The zero-order chi connectivity index (χ0) is 20.5. The molecule has 0 saturated carbocycles. The molecule has 4 nitrogen and oxygen atoms in total. The molecule has 4 aromatic rings. The SMILES string of the molecule is Cc1nn(Cc2ccc(F)cc2)c2sc(C(=O)N(C)Cc3ccc(F)cc3)cc12. The van der Waals surface area contributed by atoms with Crippen molar-refractivity contribution in [1.82, 2.24) is 14.7 Å². The van der Waals surface area contributed by atoms with Gasteiger partial charge < -0.3 is 4.90 Å². The minimum absolute atomic E-state index is 0.0942. The van der Waals surface area contributed by atoms with E-state index in [-0.39, 0.29) is 17.5 Å². The third-order valence-corrected chi connectivity index (χ3v) is 5.88. The number of thiophene rings is 1. The molecule has 0 aliphatic rings. The molecule has 0 atom stereocenters. The van der Waals surface area contributed by atoms with Crippen molar-refractivity contribution in [1.29, 1.82) is 0 Å². The minimum Gasteiger partial charge on any atom is -0.337 e. The first-order valence-corrected chi connectivity index (χ1v) is 9.93. The Morgan fingerprint density at radius 1 is 1.03 bits per heavy atom. The van der Waals surface area contributed by atoms with Crippen molar-refractivity contribution in [2.45, 2.75) is 20.0 Å². The van der Waals surface area contributed by atoms with Crippen LogP contribution >= 0.6 is 11.3 Å². The monoisotopic (exact) mass is 411 g/mol. The summed E-state index contributed by atoms with van der Waals surface area (Å²) in [6.45, 7) is 2.81.